The van der Waals surface area contributed by atoms with Crippen molar-refractivity contribution in [2.45, 2.75) is 5.44 Å². The predicted octanol–water partition coefficient (Wildman–Crippen LogP) is 2.16. The third kappa shape index (κ3) is 3.45. The lowest BCUT2D eigenvalue weighted by atomic mass is 10.3. The molecule has 3 rings (SSSR count). The van der Waals surface area contributed by atoms with E-state index in [2.05, 4.69) is 29.0 Å². The van der Waals surface area contributed by atoms with Crippen LogP contribution in [-0.2, 0) is 4.74 Å². The van der Waals surface area contributed by atoms with Gasteiger partial charge in [-0.2, -0.15) is 0 Å². The Labute approximate surface area is 104 Å². The highest BCUT2D eigenvalue weighted by molar-refractivity contribution is 7.80. The lowest BCUT2D eigenvalue weighted by molar-refractivity contribution is 0.0866. The van der Waals surface area contributed by atoms with Crippen molar-refractivity contribution in [1.82, 2.24) is 10.3 Å². The Morgan fingerprint density at radius 3 is 2.94 bits per heavy atom. The van der Waals surface area contributed by atoms with Gasteiger partial charge in [-0.3, -0.25) is 0 Å². The molecule has 1 aromatic heterocycles. The standard InChI is InChI=1S/C7H5NS.C4H9NOS/c1-2-4-7-6(3-1)8-5-9-7;7-4-3-5-1-2-6-4/h1-5H;4-5,7H,1-3H2. The minimum atomic E-state index is 0.119. The molecule has 1 unspecified atom stereocenters. The molecule has 1 atom stereocenters. The fourth-order valence-electron chi connectivity index (χ4n) is 1.35. The number of rotatable bonds is 0. The highest BCUT2D eigenvalue weighted by Gasteiger charge is 2.05. The van der Waals surface area contributed by atoms with Gasteiger partial charge in [0.1, 0.15) is 5.44 Å². The van der Waals surface area contributed by atoms with E-state index >= 15 is 0 Å². The Balaban J connectivity index is 0.000000125. The number of morpholine rings is 1. The molecule has 86 valence electrons. The summed E-state index contributed by atoms with van der Waals surface area (Å²) in [5, 5.41) is 3.13. The molecule has 2 heterocycles. The van der Waals surface area contributed by atoms with Crippen molar-refractivity contribution in [3.8, 4) is 0 Å². The summed E-state index contributed by atoms with van der Waals surface area (Å²) in [6, 6.07) is 8.13. The van der Waals surface area contributed by atoms with Crippen molar-refractivity contribution >= 4 is 34.2 Å². The normalized spacial score (nSPS) is 20.2. The van der Waals surface area contributed by atoms with E-state index in [9.17, 15) is 0 Å². The van der Waals surface area contributed by atoms with Gasteiger partial charge in [-0.25, -0.2) is 4.98 Å². The number of para-hydroxylation sites is 1. The van der Waals surface area contributed by atoms with Gasteiger partial charge in [0.25, 0.3) is 0 Å². The molecule has 1 aromatic carbocycles. The van der Waals surface area contributed by atoms with Gasteiger partial charge in [-0.1, -0.05) is 12.1 Å². The first-order chi connectivity index (χ1) is 7.86. The fraction of sp³-hybridized carbons (Fsp3) is 0.364. The maximum atomic E-state index is 5.08. The molecule has 16 heavy (non-hydrogen) atoms. The Kier molecular flexibility index (Phi) is 4.59. The van der Waals surface area contributed by atoms with Gasteiger partial charge in [0, 0.05) is 13.1 Å². The maximum absolute atomic E-state index is 5.08. The van der Waals surface area contributed by atoms with E-state index in [0.29, 0.717) is 0 Å². The average Bonchev–Trinajstić information content (AvgIpc) is 2.79. The number of aromatic nitrogens is 1. The van der Waals surface area contributed by atoms with Crippen LogP contribution >= 0.6 is 24.0 Å². The number of nitrogens with one attached hydrogen (secondary N) is 1. The lowest BCUT2D eigenvalue weighted by Crippen LogP contribution is -2.35. The highest BCUT2D eigenvalue weighted by atomic mass is 32.1. The third-order valence-electron chi connectivity index (χ3n) is 2.14. The van der Waals surface area contributed by atoms with Crippen molar-refractivity contribution in [1.29, 1.82) is 0 Å². The molecule has 5 heteroatoms. The number of thiazole rings is 1. The van der Waals surface area contributed by atoms with E-state index < -0.39 is 0 Å². The van der Waals surface area contributed by atoms with Crippen LogP contribution in [0.4, 0.5) is 0 Å². The van der Waals surface area contributed by atoms with Crippen molar-refractivity contribution in [2.75, 3.05) is 19.7 Å². The van der Waals surface area contributed by atoms with Crippen LogP contribution in [0.2, 0.25) is 0 Å². The first-order valence-corrected chi connectivity index (χ1v) is 6.54. The summed E-state index contributed by atoms with van der Waals surface area (Å²) in [5.41, 5.74) is 3.08. The molecule has 0 aliphatic carbocycles. The third-order valence-corrected chi connectivity index (χ3v) is 3.29. The smallest absolute Gasteiger partial charge is 0.112 e. The molecule has 0 spiro atoms. The summed E-state index contributed by atoms with van der Waals surface area (Å²) in [6.07, 6.45) is 0. The van der Waals surface area contributed by atoms with E-state index in [4.69, 9.17) is 4.74 Å². The van der Waals surface area contributed by atoms with Crippen molar-refractivity contribution in [3.63, 3.8) is 0 Å². The number of ether oxygens (including phenoxy) is 1. The van der Waals surface area contributed by atoms with Crippen LogP contribution in [0, 0.1) is 0 Å². The summed E-state index contributed by atoms with van der Waals surface area (Å²) >= 11 is 5.75. The van der Waals surface area contributed by atoms with Crippen LogP contribution in [-0.4, -0.2) is 30.1 Å². The summed E-state index contributed by atoms with van der Waals surface area (Å²) in [6.45, 7) is 2.65. The Morgan fingerprint density at radius 1 is 1.44 bits per heavy atom. The lowest BCUT2D eigenvalue weighted by Gasteiger charge is -2.18. The predicted molar refractivity (Wildman–Crippen MR) is 71.2 cm³/mol. The van der Waals surface area contributed by atoms with E-state index in [0.717, 1.165) is 25.2 Å². The molecule has 1 N–H and O–H groups in total. The van der Waals surface area contributed by atoms with Gasteiger partial charge < -0.3 is 10.1 Å². The quantitative estimate of drug-likeness (QED) is 0.707. The summed E-state index contributed by atoms with van der Waals surface area (Å²) < 4.78 is 6.34. The molecular formula is C11H14N2OS2. The monoisotopic (exact) mass is 254 g/mol. The highest BCUT2D eigenvalue weighted by Crippen LogP contribution is 2.15. The van der Waals surface area contributed by atoms with E-state index in [1.165, 1.54) is 4.70 Å². The molecule has 0 radical (unpaired) electrons. The number of hydrogen-bond acceptors (Lipinski definition) is 5. The van der Waals surface area contributed by atoms with Crippen LogP contribution in [0.3, 0.4) is 0 Å². The number of nitrogens with zero attached hydrogens (tertiary/aromatic N) is 1. The van der Waals surface area contributed by atoms with Crippen LogP contribution in [0.1, 0.15) is 0 Å². The number of thiol groups is 1. The maximum Gasteiger partial charge on any atom is 0.112 e. The zero-order valence-electron chi connectivity index (χ0n) is 8.80. The second-order valence-corrected chi connectivity index (χ2v) is 4.81. The molecule has 0 bridgehead atoms. The minimum Gasteiger partial charge on any atom is -0.365 e. The van der Waals surface area contributed by atoms with Crippen molar-refractivity contribution < 1.29 is 4.74 Å². The molecule has 1 aliphatic rings. The van der Waals surface area contributed by atoms with Gasteiger partial charge in [0.2, 0.25) is 0 Å². The fourth-order valence-corrected chi connectivity index (χ4v) is 2.27. The zero-order valence-corrected chi connectivity index (χ0v) is 10.5. The first kappa shape index (κ1) is 11.9. The molecule has 1 saturated heterocycles. The summed E-state index contributed by atoms with van der Waals surface area (Å²) in [7, 11) is 0. The van der Waals surface area contributed by atoms with Gasteiger partial charge in [0.05, 0.1) is 22.3 Å². The Hall–Kier alpha value is -0.620. The Bertz CT molecular complexity index is 396. The number of benzene rings is 1. The van der Waals surface area contributed by atoms with E-state index in [1.54, 1.807) is 11.3 Å². The molecule has 1 fully saturated rings. The SMILES string of the molecule is SC1CNCCO1.c1ccc2scnc2c1. The first-order valence-electron chi connectivity index (χ1n) is 5.15. The van der Waals surface area contributed by atoms with E-state index in [-0.39, 0.29) is 5.44 Å². The molecule has 0 saturated carbocycles. The molecule has 1 aliphatic heterocycles. The van der Waals surface area contributed by atoms with Crippen LogP contribution < -0.4 is 5.32 Å². The molecule has 0 amide bonds. The van der Waals surface area contributed by atoms with Gasteiger partial charge in [0.15, 0.2) is 0 Å². The van der Waals surface area contributed by atoms with E-state index in [1.807, 2.05) is 23.7 Å². The van der Waals surface area contributed by atoms with Gasteiger partial charge >= 0.3 is 0 Å². The summed E-state index contributed by atoms with van der Waals surface area (Å²) in [5.74, 6) is 0. The molecular weight excluding hydrogens is 240 g/mol. The van der Waals surface area contributed by atoms with Crippen LogP contribution in [0.15, 0.2) is 29.8 Å². The van der Waals surface area contributed by atoms with Crippen LogP contribution in [0.25, 0.3) is 10.2 Å². The summed E-state index contributed by atoms with van der Waals surface area (Å²) in [4.78, 5) is 4.14. The van der Waals surface area contributed by atoms with Crippen molar-refractivity contribution in [2.24, 2.45) is 0 Å². The zero-order chi connectivity index (χ0) is 11.2. The van der Waals surface area contributed by atoms with Crippen LogP contribution in [0.5, 0.6) is 0 Å². The van der Waals surface area contributed by atoms with Crippen molar-refractivity contribution in [3.05, 3.63) is 29.8 Å². The topological polar surface area (TPSA) is 34.1 Å². The van der Waals surface area contributed by atoms with Gasteiger partial charge in [-0.15, -0.1) is 24.0 Å². The second kappa shape index (κ2) is 6.20. The Morgan fingerprint density at radius 2 is 2.31 bits per heavy atom. The second-order valence-electron chi connectivity index (χ2n) is 3.35. The number of hydrogen-bond donors (Lipinski definition) is 2. The largest absolute Gasteiger partial charge is 0.365 e. The van der Waals surface area contributed by atoms with Gasteiger partial charge in [-0.05, 0) is 12.1 Å². The minimum absolute atomic E-state index is 0.119. The molecule has 3 nitrogen and oxygen atoms in total. The number of fused-ring (bicyclic) bond motifs is 1. The molecule has 2 aromatic rings. The average molecular weight is 254 g/mol.